The molecule has 0 atom stereocenters. The van der Waals surface area contributed by atoms with E-state index in [2.05, 4.69) is 12.1 Å². The van der Waals surface area contributed by atoms with Crippen molar-refractivity contribution in [3.05, 3.63) is 29.3 Å². The number of oxime groups is 1. The van der Waals surface area contributed by atoms with Gasteiger partial charge in [0.1, 0.15) is 5.75 Å². The summed E-state index contributed by atoms with van der Waals surface area (Å²) < 4.78 is 0. The Hall–Kier alpha value is -1.51. The minimum Gasteiger partial charge on any atom is -0.507 e. The molecule has 0 bridgehead atoms. The van der Waals surface area contributed by atoms with Crippen molar-refractivity contribution in [3.63, 3.8) is 0 Å². The first-order valence-electron chi connectivity index (χ1n) is 4.77. The largest absolute Gasteiger partial charge is 0.507 e. The molecule has 0 aliphatic carbocycles. The first-order chi connectivity index (χ1) is 6.77. The van der Waals surface area contributed by atoms with Gasteiger partial charge in [0, 0.05) is 5.56 Å². The smallest absolute Gasteiger partial charge is 0.124 e. The van der Waals surface area contributed by atoms with Gasteiger partial charge in [-0.05, 0) is 30.5 Å². The van der Waals surface area contributed by atoms with E-state index < -0.39 is 0 Å². The van der Waals surface area contributed by atoms with Gasteiger partial charge < -0.3 is 10.3 Å². The average molecular weight is 193 g/mol. The molecular weight excluding hydrogens is 178 g/mol. The van der Waals surface area contributed by atoms with Crippen molar-refractivity contribution in [2.45, 2.75) is 26.2 Å². The standard InChI is InChI=1S/C11H15NO2/c1-2-3-4-9-5-6-11(13)10(7-9)8-12-14/h5-8,13-14H,2-4H2,1H3. The third kappa shape index (κ3) is 2.76. The molecule has 0 aliphatic heterocycles. The predicted octanol–water partition coefficient (Wildman–Crippen LogP) is 2.54. The van der Waals surface area contributed by atoms with Gasteiger partial charge in [0.2, 0.25) is 0 Å². The van der Waals surface area contributed by atoms with Crippen LogP contribution in [0.5, 0.6) is 5.75 Å². The van der Waals surface area contributed by atoms with Crippen LogP contribution in [0.1, 0.15) is 30.9 Å². The second-order valence-corrected chi connectivity index (χ2v) is 3.24. The zero-order valence-corrected chi connectivity index (χ0v) is 8.27. The molecule has 0 fully saturated rings. The number of nitrogens with zero attached hydrogens (tertiary/aromatic N) is 1. The summed E-state index contributed by atoms with van der Waals surface area (Å²) in [7, 11) is 0. The minimum absolute atomic E-state index is 0.142. The second-order valence-electron chi connectivity index (χ2n) is 3.24. The van der Waals surface area contributed by atoms with Crippen LogP contribution in [0.3, 0.4) is 0 Å². The van der Waals surface area contributed by atoms with E-state index in [1.54, 1.807) is 6.07 Å². The predicted molar refractivity (Wildman–Crippen MR) is 56.1 cm³/mol. The molecule has 1 aromatic rings. The van der Waals surface area contributed by atoms with Gasteiger partial charge in [-0.25, -0.2) is 0 Å². The van der Waals surface area contributed by atoms with Gasteiger partial charge in [-0.3, -0.25) is 0 Å². The molecule has 0 aliphatic rings. The van der Waals surface area contributed by atoms with E-state index in [-0.39, 0.29) is 5.75 Å². The summed E-state index contributed by atoms with van der Waals surface area (Å²) >= 11 is 0. The molecule has 1 aromatic carbocycles. The number of phenols is 1. The van der Waals surface area contributed by atoms with Crippen LogP contribution in [0.25, 0.3) is 0 Å². The molecule has 0 amide bonds. The summed E-state index contributed by atoms with van der Waals surface area (Å²) in [6.45, 7) is 2.14. The molecule has 0 spiro atoms. The van der Waals surface area contributed by atoms with Gasteiger partial charge in [-0.2, -0.15) is 0 Å². The van der Waals surface area contributed by atoms with Gasteiger partial charge in [-0.15, -0.1) is 0 Å². The maximum Gasteiger partial charge on any atom is 0.124 e. The maximum atomic E-state index is 9.39. The zero-order valence-electron chi connectivity index (χ0n) is 8.27. The normalized spacial score (nSPS) is 10.9. The Bertz CT molecular complexity index is 321. The Morgan fingerprint density at radius 3 is 2.86 bits per heavy atom. The van der Waals surface area contributed by atoms with Gasteiger partial charge in [0.15, 0.2) is 0 Å². The highest BCUT2D eigenvalue weighted by molar-refractivity contribution is 5.83. The van der Waals surface area contributed by atoms with E-state index in [1.165, 1.54) is 6.21 Å². The van der Waals surface area contributed by atoms with Gasteiger partial charge in [-0.1, -0.05) is 24.6 Å². The number of hydrogen-bond donors (Lipinski definition) is 2. The van der Waals surface area contributed by atoms with E-state index in [0.717, 1.165) is 24.8 Å². The summed E-state index contributed by atoms with van der Waals surface area (Å²) in [6.07, 6.45) is 4.50. The van der Waals surface area contributed by atoms with Crippen molar-refractivity contribution in [1.82, 2.24) is 0 Å². The van der Waals surface area contributed by atoms with Crippen LogP contribution in [0.4, 0.5) is 0 Å². The van der Waals surface area contributed by atoms with E-state index >= 15 is 0 Å². The number of benzene rings is 1. The van der Waals surface area contributed by atoms with E-state index in [0.29, 0.717) is 5.56 Å². The lowest BCUT2D eigenvalue weighted by Gasteiger charge is -2.03. The van der Waals surface area contributed by atoms with Crippen LogP contribution in [-0.2, 0) is 6.42 Å². The third-order valence-electron chi connectivity index (χ3n) is 2.11. The Morgan fingerprint density at radius 1 is 1.43 bits per heavy atom. The molecule has 0 saturated carbocycles. The van der Waals surface area contributed by atoms with Crippen LogP contribution in [-0.4, -0.2) is 16.5 Å². The van der Waals surface area contributed by atoms with Crippen molar-refractivity contribution < 1.29 is 10.3 Å². The van der Waals surface area contributed by atoms with Crippen LogP contribution in [0, 0.1) is 0 Å². The van der Waals surface area contributed by atoms with E-state index in [4.69, 9.17) is 5.21 Å². The number of phenolic OH excluding ortho intramolecular Hbond substituents is 1. The molecule has 0 aromatic heterocycles. The summed E-state index contributed by atoms with van der Waals surface area (Å²) in [6, 6.07) is 5.35. The molecule has 0 heterocycles. The zero-order chi connectivity index (χ0) is 10.4. The molecule has 3 nitrogen and oxygen atoms in total. The molecule has 3 heteroatoms. The number of unbranched alkanes of at least 4 members (excludes halogenated alkanes) is 1. The minimum atomic E-state index is 0.142. The van der Waals surface area contributed by atoms with Gasteiger partial charge in [0.05, 0.1) is 6.21 Å². The highest BCUT2D eigenvalue weighted by atomic mass is 16.4. The topological polar surface area (TPSA) is 52.8 Å². The Morgan fingerprint density at radius 2 is 2.21 bits per heavy atom. The first-order valence-corrected chi connectivity index (χ1v) is 4.77. The fourth-order valence-corrected chi connectivity index (χ4v) is 1.31. The average Bonchev–Trinajstić information content (AvgIpc) is 2.19. The van der Waals surface area contributed by atoms with Gasteiger partial charge in [0.25, 0.3) is 0 Å². The monoisotopic (exact) mass is 193 g/mol. The molecule has 2 N–H and O–H groups in total. The summed E-state index contributed by atoms with van der Waals surface area (Å²) in [5.41, 5.74) is 1.71. The summed E-state index contributed by atoms with van der Waals surface area (Å²) in [5, 5.41) is 20.7. The van der Waals surface area contributed by atoms with Crippen LogP contribution in [0.2, 0.25) is 0 Å². The molecule has 0 radical (unpaired) electrons. The van der Waals surface area contributed by atoms with E-state index in [1.807, 2.05) is 12.1 Å². The van der Waals surface area contributed by atoms with Crippen LogP contribution in [0.15, 0.2) is 23.4 Å². The number of hydrogen-bond acceptors (Lipinski definition) is 3. The number of rotatable bonds is 4. The fourth-order valence-electron chi connectivity index (χ4n) is 1.31. The SMILES string of the molecule is CCCCc1ccc(O)c(C=NO)c1. The Balaban J connectivity index is 2.83. The number of aromatic hydroxyl groups is 1. The molecular formula is C11H15NO2. The quantitative estimate of drug-likeness (QED) is 0.438. The third-order valence-corrected chi connectivity index (χ3v) is 2.11. The molecule has 76 valence electrons. The molecule has 14 heavy (non-hydrogen) atoms. The highest BCUT2D eigenvalue weighted by Gasteiger charge is 2.00. The van der Waals surface area contributed by atoms with Crippen LogP contribution < -0.4 is 0 Å². The molecule has 0 saturated heterocycles. The fraction of sp³-hybridized carbons (Fsp3) is 0.364. The van der Waals surface area contributed by atoms with Crippen molar-refractivity contribution >= 4 is 6.21 Å². The molecule has 1 rings (SSSR count). The lowest BCUT2D eigenvalue weighted by molar-refractivity contribution is 0.321. The first kappa shape index (κ1) is 10.6. The lowest BCUT2D eigenvalue weighted by Crippen LogP contribution is -1.89. The Labute approximate surface area is 83.7 Å². The summed E-state index contributed by atoms with van der Waals surface area (Å²) in [5.74, 6) is 0.142. The van der Waals surface area contributed by atoms with Crippen molar-refractivity contribution in [2.75, 3.05) is 0 Å². The Kier molecular flexibility index (Phi) is 3.98. The van der Waals surface area contributed by atoms with Crippen LogP contribution >= 0.6 is 0 Å². The highest BCUT2D eigenvalue weighted by Crippen LogP contribution is 2.17. The van der Waals surface area contributed by atoms with Crippen molar-refractivity contribution in [3.8, 4) is 5.75 Å². The summed E-state index contributed by atoms with van der Waals surface area (Å²) in [4.78, 5) is 0. The number of aryl methyl sites for hydroxylation is 1. The van der Waals surface area contributed by atoms with Crippen molar-refractivity contribution in [2.24, 2.45) is 5.16 Å². The van der Waals surface area contributed by atoms with Gasteiger partial charge >= 0.3 is 0 Å². The molecule has 0 unspecified atom stereocenters. The lowest BCUT2D eigenvalue weighted by atomic mass is 10.1. The maximum absolute atomic E-state index is 9.39. The van der Waals surface area contributed by atoms with Crippen molar-refractivity contribution in [1.29, 1.82) is 0 Å². The van der Waals surface area contributed by atoms with E-state index in [9.17, 15) is 5.11 Å². The second kappa shape index (κ2) is 5.27.